The molecule has 0 atom stereocenters. The number of hydrogen-bond acceptors (Lipinski definition) is 4. The number of hydrogen-bond donors (Lipinski definition) is 1. The Morgan fingerprint density at radius 3 is 2.95 bits per heavy atom. The van der Waals surface area contributed by atoms with Gasteiger partial charge in [-0.1, -0.05) is 18.2 Å². The molecule has 2 aromatic heterocycles. The highest BCUT2D eigenvalue weighted by Crippen LogP contribution is 2.40. The van der Waals surface area contributed by atoms with Crippen LogP contribution in [0, 0.1) is 0 Å². The van der Waals surface area contributed by atoms with Crippen LogP contribution in [-0.4, -0.2) is 12.1 Å². The van der Waals surface area contributed by atoms with Crippen LogP contribution in [0.3, 0.4) is 0 Å². The van der Waals surface area contributed by atoms with Crippen LogP contribution in [-0.2, 0) is 22.8 Å². The molecule has 1 aromatic carbocycles. The van der Waals surface area contributed by atoms with E-state index in [1.54, 1.807) is 11.3 Å². The predicted molar refractivity (Wildman–Crippen MR) is 82.5 cm³/mol. The molecule has 0 saturated heterocycles. The summed E-state index contributed by atoms with van der Waals surface area (Å²) in [4.78, 5) is 25.0. The summed E-state index contributed by atoms with van der Waals surface area (Å²) in [5.74, 6) is 0. The number of H-pyrrole nitrogens is 1. The maximum Gasteiger partial charge on any atom is 0.257 e. The first-order chi connectivity index (χ1) is 10.3. The molecule has 0 aliphatic heterocycles. The van der Waals surface area contributed by atoms with Crippen molar-refractivity contribution < 1.29 is 9.78 Å². The van der Waals surface area contributed by atoms with Crippen molar-refractivity contribution >= 4 is 22.1 Å². The van der Waals surface area contributed by atoms with Crippen LogP contribution in [0.15, 0.2) is 33.8 Å². The molecular weight excluding hydrogens is 286 g/mol. The van der Waals surface area contributed by atoms with E-state index in [2.05, 4.69) is 10.4 Å². The lowest BCUT2D eigenvalue weighted by molar-refractivity contribution is -0.282. The van der Waals surface area contributed by atoms with Gasteiger partial charge < -0.3 is 4.98 Å². The number of pyridine rings is 1. The van der Waals surface area contributed by atoms with E-state index < -0.39 is 0 Å². The zero-order valence-electron chi connectivity index (χ0n) is 11.4. The lowest BCUT2D eigenvalue weighted by Crippen LogP contribution is -2.06. The van der Waals surface area contributed by atoms with Crippen LogP contribution in [0.5, 0.6) is 0 Å². The highest BCUT2D eigenvalue weighted by Gasteiger charge is 2.24. The van der Waals surface area contributed by atoms with Crippen LogP contribution in [0.1, 0.15) is 16.7 Å². The molecular formula is C16H13NO3S. The van der Waals surface area contributed by atoms with Gasteiger partial charge in [-0.2, -0.15) is 11.3 Å². The van der Waals surface area contributed by atoms with Crippen molar-refractivity contribution in [2.75, 3.05) is 7.11 Å². The van der Waals surface area contributed by atoms with E-state index in [0.717, 1.165) is 34.0 Å². The van der Waals surface area contributed by atoms with Gasteiger partial charge in [0.25, 0.3) is 5.56 Å². The van der Waals surface area contributed by atoms with Gasteiger partial charge in [0.1, 0.15) is 6.61 Å². The number of aromatic amines is 1. The smallest absolute Gasteiger partial charge is 0.257 e. The Labute approximate surface area is 124 Å². The predicted octanol–water partition coefficient (Wildman–Crippen LogP) is 3.24. The highest BCUT2D eigenvalue weighted by molar-refractivity contribution is 7.09. The van der Waals surface area contributed by atoms with Gasteiger partial charge >= 0.3 is 0 Å². The summed E-state index contributed by atoms with van der Waals surface area (Å²) in [5, 5.41) is 5.81. The summed E-state index contributed by atoms with van der Waals surface area (Å²) in [6.45, 7) is 0.407. The normalized spacial score (nSPS) is 12.6. The molecule has 21 heavy (non-hydrogen) atoms. The summed E-state index contributed by atoms with van der Waals surface area (Å²) in [6, 6.07) is 6.07. The van der Waals surface area contributed by atoms with Gasteiger partial charge in [0.05, 0.1) is 18.2 Å². The number of aromatic nitrogens is 1. The van der Waals surface area contributed by atoms with E-state index in [9.17, 15) is 4.79 Å². The second-order valence-electron chi connectivity index (χ2n) is 5.06. The van der Waals surface area contributed by atoms with Crippen LogP contribution in [0.2, 0.25) is 0 Å². The van der Waals surface area contributed by atoms with E-state index in [1.807, 2.05) is 23.6 Å². The zero-order chi connectivity index (χ0) is 14.4. The molecule has 4 rings (SSSR count). The molecule has 0 amide bonds. The second-order valence-corrected chi connectivity index (χ2v) is 5.80. The summed E-state index contributed by atoms with van der Waals surface area (Å²) in [5.41, 5.74) is 5.52. The molecule has 1 aliphatic rings. The number of rotatable bonds is 3. The summed E-state index contributed by atoms with van der Waals surface area (Å²) < 4.78 is 0. The van der Waals surface area contributed by atoms with E-state index >= 15 is 0 Å². The lowest BCUT2D eigenvalue weighted by Gasteiger charge is -2.07. The van der Waals surface area contributed by atoms with Crippen molar-refractivity contribution in [1.29, 1.82) is 0 Å². The molecule has 3 aromatic rings. The van der Waals surface area contributed by atoms with Gasteiger partial charge in [-0.05, 0) is 22.1 Å². The Hall–Kier alpha value is -1.95. The average molecular weight is 299 g/mol. The maximum atomic E-state index is 12.2. The number of fused-ring (bicyclic) bond motifs is 5. The Morgan fingerprint density at radius 1 is 1.24 bits per heavy atom. The molecule has 0 radical (unpaired) electrons. The minimum Gasteiger partial charge on any atom is -0.321 e. The molecule has 106 valence electrons. The van der Waals surface area contributed by atoms with E-state index in [-0.39, 0.29) is 5.56 Å². The molecule has 1 aliphatic carbocycles. The molecule has 0 fully saturated rings. The fourth-order valence-electron chi connectivity index (χ4n) is 3.02. The Balaban J connectivity index is 1.93. The monoisotopic (exact) mass is 299 g/mol. The van der Waals surface area contributed by atoms with Crippen LogP contribution < -0.4 is 5.56 Å². The molecule has 0 spiro atoms. The van der Waals surface area contributed by atoms with Crippen molar-refractivity contribution in [3.05, 3.63) is 56.0 Å². The van der Waals surface area contributed by atoms with E-state index in [1.165, 1.54) is 18.2 Å². The molecule has 2 heterocycles. The van der Waals surface area contributed by atoms with Gasteiger partial charge in [-0.3, -0.25) is 4.79 Å². The summed E-state index contributed by atoms with van der Waals surface area (Å²) in [6.07, 6.45) is 0.817. The third-order valence-electron chi connectivity index (χ3n) is 4.00. The van der Waals surface area contributed by atoms with Gasteiger partial charge in [-0.15, -0.1) is 0 Å². The van der Waals surface area contributed by atoms with Gasteiger partial charge in [0.15, 0.2) is 0 Å². The van der Waals surface area contributed by atoms with Crippen molar-refractivity contribution in [3.8, 4) is 11.3 Å². The number of benzene rings is 1. The van der Waals surface area contributed by atoms with Crippen molar-refractivity contribution in [3.63, 3.8) is 0 Å². The van der Waals surface area contributed by atoms with Crippen LogP contribution in [0.4, 0.5) is 0 Å². The Morgan fingerprint density at radius 2 is 2.10 bits per heavy atom. The van der Waals surface area contributed by atoms with Gasteiger partial charge in [0, 0.05) is 22.8 Å². The quantitative estimate of drug-likeness (QED) is 0.467. The maximum absolute atomic E-state index is 12.2. The van der Waals surface area contributed by atoms with Crippen molar-refractivity contribution in [2.24, 2.45) is 0 Å². The minimum atomic E-state index is -0.0172. The molecule has 0 saturated carbocycles. The van der Waals surface area contributed by atoms with Crippen LogP contribution in [0.25, 0.3) is 22.0 Å². The van der Waals surface area contributed by atoms with Crippen LogP contribution >= 0.6 is 11.3 Å². The minimum absolute atomic E-state index is 0.0172. The number of thiophene rings is 1. The van der Waals surface area contributed by atoms with E-state index in [4.69, 9.17) is 9.78 Å². The largest absolute Gasteiger partial charge is 0.321 e. The standard InChI is InChI=1S/C16H13NO3S/c1-19-20-6-9-3-2-4-10-11(9)5-12-13-7-21-8-14(13)16(18)17-15(10)12/h2-4,7-8H,5-6H2,1H3,(H,17,18). The van der Waals surface area contributed by atoms with Gasteiger partial charge in [-0.25, -0.2) is 9.78 Å². The third-order valence-corrected chi connectivity index (χ3v) is 4.74. The fourth-order valence-corrected chi connectivity index (χ4v) is 3.87. The first kappa shape index (κ1) is 12.8. The highest BCUT2D eigenvalue weighted by atomic mass is 32.1. The molecule has 0 bridgehead atoms. The Bertz CT molecular complexity index is 894. The van der Waals surface area contributed by atoms with Crippen molar-refractivity contribution in [1.82, 2.24) is 4.98 Å². The lowest BCUT2D eigenvalue weighted by atomic mass is 10.0. The Kier molecular flexibility index (Phi) is 2.92. The molecule has 1 N–H and O–H groups in total. The zero-order valence-corrected chi connectivity index (χ0v) is 12.3. The number of nitrogens with one attached hydrogen (secondary N) is 1. The molecule has 4 nitrogen and oxygen atoms in total. The summed E-state index contributed by atoms with van der Waals surface area (Å²) in [7, 11) is 1.50. The second kappa shape index (κ2) is 4.80. The van der Waals surface area contributed by atoms with Crippen molar-refractivity contribution in [2.45, 2.75) is 13.0 Å². The SMILES string of the molecule is COOCc1cccc2c1Cc1c-2[nH]c(=O)c2cscc12. The fraction of sp³-hybridized carbons (Fsp3) is 0.188. The first-order valence-corrected chi connectivity index (χ1v) is 7.61. The first-order valence-electron chi connectivity index (χ1n) is 6.67. The average Bonchev–Trinajstić information content (AvgIpc) is 3.10. The molecule has 0 unspecified atom stereocenters. The van der Waals surface area contributed by atoms with E-state index in [0.29, 0.717) is 6.61 Å². The summed E-state index contributed by atoms with van der Waals surface area (Å²) >= 11 is 1.57. The topological polar surface area (TPSA) is 51.3 Å². The molecule has 5 heteroatoms. The van der Waals surface area contributed by atoms with Gasteiger partial charge in [0.2, 0.25) is 0 Å². The third kappa shape index (κ3) is 1.86.